The summed E-state index contributed by atoms with van der Waals surface area (Å²) in [7, 11) is 1.90. The van der Waals surface area contributed by atoms with E-state index in [1.807, 2.05) is 24.0 Å². The van der Waals surface area contributed by atoms with Gasteiger partial charge in [0.05, 0.1) is 23.0 Å². The van der Waals surface area contributed by atoms with Crippen LogP contribution >= 0.6 is 11.6 Å². The Bertz CT molecular complexity index is 516. The number of halogens is 1. The van der Waals surface area contributed by atoms with E-state index in [2.05, 4.69) is 29.2 Å². The third-order valence-corrected chi connectivity index (χ3v) is 3.30. The van der Waals surface area contributed by atoms with E-state index in [4.69, 9.17) is 11.6 Å². The Morgan fingerprint density at radius 1 is 1.44 bits per heavy atom. The zero-order chi connectivity index (χ0) is 13.1. The molecule has 0 aliphatic carbocycles. The van der Waals surface area contributed by atoms with Crippen molar-refractivity contribution in [2.24, 2.45) is 7.05 Å². The number of hydrogen-bond acceptors (Lipinski definition) is 3. The van der Waals surface area contributed by atoms with Crippen molar-refractivity contribution in [2.75, 3.05) is 6.54 Å². The average molecular weight is 265 g/mol. The predicted molar refractivity (Wildman–Crippen MR) is 72.7 cm³/mol. The summed E-state index contributed by atoms with van der Waals surface area (Å²) >= 11 is 6.23. The Hall–Kier alpha value is -1.39. The van der Waals surface area contributed by atoms with Gasteiger partial charge in [0.15, 0.2) is 0 Å². The van der Waals surface area contributed by atoms with Gasteiger partial charge in [-0.1, -0.05) is 18.5 Å². The Morgan fingerprint density at radius 2 is 2.22 bits per heavy atom. The normalized spacial score (nSPS) is 12.7. The molecule has 5 heteroatoms. The van der Waals surface area contributed by atoms with Crippen LogP contribution in [0.4, 0.5) is 0 Å². The minimum atomic E-state index is 0.0173. The number of pyridine rings is 1. The molecule has 2 aromatic rings. The lowest BCUT2D eigenvalue weighted by Gasteiger charge is -2.20. The second-order valence-corrected chi connectivity index (χ2v) is 4.63. The Morgan fingerprint density at radius 3 is 2.78 bits per heavy atom. The van der Waals surface area contributed by atoms with Gasteiger partial charge in [0.2, 0.25) is 0 Å². The number of nitrogens with zero attached hydrogens (tertiary/aromatic N) is 3. The number of hydrogen-bond donors (Lipinski definition) is 1. The molecule has 2 rings (SSSR count). The van der Waals surface area contributed by atoms with Crippen molar-refractivity contribution in [3.63, 3.8) is 0 Å². The Labute approximate surface area is 112 Å². The molecular weight excluding hydrogens is 248 g/mol. The van der Waals surface area contributed by atoms with Gasteiger partial charge in [-0.15, -0.1) is 0 Å². The van der Waals surface area contributed by atoms with Crippen molar-refractivity contribution in [1.82, 2.24) is 20.1 Å². The predicted octanol–water partition coefficient (Wildman–Crippen LogP) is 2.48. The second kappa shape index (κ2) is 5.50. The van der Waals surface area contributed by atoms with Gasteiger partial charge in [-0.2, -0.15) is 5.10 Å². The SMILES string of the molecule is CCNC(c1cnccc1C)c1c(Cl)cnn1C. The van der Waals surface area contributed by atoms with Crippen LogP contribution in [0.1, 0.15) is 29.8 Å². The standard InChI is InChI=1S/C13H17ClN4/c1-4-16-12(10-7-15-6-5-9(10)2)13-11(14)8-17-18(13)3/h5-8,12,16H,4H2,1-3H3. The minimum Gasteiger partial charge on any atom is -0.305 e. The molecule has 0 radical (unpaired) electrons. The summed E-state index contributed by atoms with van der Waals surface area (Å²) in [5, 5.41) is 8.31. The van der Waals surface area contributed by atoms with E-state index in [0.29, 0.717) is 5.02 Å². The van der Waals surface area contributed by atoms with Gasteiger partial charge in [-0.3, -0.25) is 9.67 Å². The lowest BCUT2D eigenvalue weighted by molar-refractivity contribution is 0.569. The molecule has 2 aromatic heterocycles. The van der Waals surface area contributed by atoms with Crippen LogP contribution in [0.25, 0.3) is 0 Å². The molecule has 0 amide bonds. The van der Waals surface area contributed by atoms with Crippen molar-refractivity contribution >= 4 is 11.6 Å². The van der Waals surface area contributed by atoms with Crippen molar-refractivity contribution in [3.05, 3.63) is 46.5 Å². The molecule has 0 aliphatic heterocycles. The molecule has 0 saturated carbocycles. The lowest BCUT2D eigenvalue weighted by Crippen LogP contribution is -2.25. The quantitative estimate of drug-likeness (QED) is 0.923. The highest BCUT2D eigenvalue weighted by molar-refractivity contribution is 6.31. The maximum atomic E-state index is 6.23. The summed E-state index contributed by atoms with van der Waals surface area (Å²) in [5.41, 5.74) is 3.28. The maximum Gasteiger partial charge on any atom is 0.0837 e. The van der Waals surface area contributed by atoms with Crippen molar-refractivity contribution in [3.8, 4) is 0 Å². The first-order chi connectivity index (χ1) is 8.65. The largest absolute Gasteiger partial charge is 0.305 e. The molecule has 1 atom stereocenters. The molecule has 0 aromatic carbocycles. The molecule has 0 saturated heterocycles. The zero-order valence-corrected chi connectivity index (χ0v) is 11.6. The first-order valence-corrected chi connectivity index (χ1v) is 6.34. The highest BCUT2D eigenvalue weighted by Gasteiger charge is 2.21. The van der Waals surface area contributed by atoms with Crippen LogP contribution < -0.4 is 5.32 Å². The molecule has 0 fully saturated rings. The average Bonchev–Trinajstić information content (AvgIpc) is 2.68. The molecule has 0 bridgehead atoms. The second-order valence-electron chi connectivity index (χ2n) is 4.22. The van der Waals surface area contributed by atoms with Crippen molar-refractivity contribution in [2.45, 2.75) is 19.9 Å². The monoisotopic (exact) mass is 264 g/mol. The van der Waals surface area contributed by atoms with Crippen LogP contribution in [0.5, 0.6) is 0 Å². The van der Waals surface area contributed by atoms with Gasteiger partial charge in [0.1, 0.15) is 0 Å². The molecule has 0 spiro atoms. The van der Waals surface area contributed by atoms with E-state index in [1.54, 1.807) is 12.4 Å². The van der Waals surface area contributed by atoms with Gasteiger partial charge in [0, 0.05) is 19.4 Å². The molecular formula is C13H17ClN4. The summed E-state index contributed by atoms with van der Waals surface area (Å²) in [4.78, 5) is 4.21. The number of aryl methyl sites for hydroxylation is 2. The van der Waals surface area contributed by atoms with Gasteiger partial charge >= 0.3 is 0 Å². The van der Waals surface area contributed by atoms with E-state index in [1.165, 1.54) is 5.56 Å². The summed E-state index contributed by atoms with van der Waals surface area (Å²) < 4.78 is 1.81. The van der Waals surface area contributed by atoms with Gasteiger partial charge < -0.3 is 5.32 Å². The minimum absolute atomic E-state index is 0.0173. The molecule has 1 unspecified atom stereocenters. The van der Waals surface area contributed by atoms with E-state index < -0.39 is 0 Å². The summed E-state index contributed by atoms with van der Waals surface area (Å²) in [5.74, 6) is 0. The fourth-order valence-corrected chi connectivity index (χ4v) is 2.36. The van der Waals surface area contributed by atoms with Gasteiger partial charge in [-0.05, 0) is 30.7 Å². The van der Waals surface area contributed by atoms with Crippen LogP contribution in [0.15, 0.2) is 24.7 Å². The van der Waals surface area contributed by atoms with E-state index >= 15 is 0 Å². The summed E-state index contributed by atoms with van der Waals surface area (Å²) in [6.45, 7) is 5.00. The molecule has 96 valence electrons. The Kier molecular flexibility index (Phi) is 3.99. The van der Waals surface area contributed by atoms with Gasteiger partial charge in [0.25, 0.3) is 0 Å². The van der Waals surface area contributed by atoms with E-state index in [0.717, 1.165) is 17.8 Å². The fraction of sp³-hybridized carbons (Fsp3) is 0.385. The van der Waals surface area contributed by atoms with Crippen molar-refractivity contribution < 1.29 is 0 Å². The topological polar surface area (TPSA) is 42.7 Å². The Balaban J connectivity index is 2.50. The highest BCUT2D eigenvalue weighted by Crippen LogP contribution is 2.28. The number of rotatable bonds is 4. The maximum absolute atomic E-state index is 6.23. The lowest BCUT2D eigenvalue weighted by atomic mass is 10.0. The van der Waals surface area contributed by atoms with Gasteiger partial charge in [-0.25, -0.2) is 0 Å². The first kappa shape index (κ1) is 13.1. The third kappa shape index (κ3) is 2.40. The first-order valence-electron chi connectivity index (χ1n) is 5.96. The van der Waals surface area contributed by atoms with Crippen LogP contribution in [0.2, 0.25) is 5.02 Å². The van der Waals surface area contributed by atoms with Crippen LogP contribution in [0.3, 0.4) is 0 Å². The smallest absolute Gasteiger partial charge is 0.0837 e. The van der Waals surface area contributed by atoms with E-state index in [9.17, 15) is 0 Å². The van der Waals surface area contributed by atoms with Crippen LogP contribution in [-0.4, -0.2) is 21.3 Å². The molecule has 4 nitrogen and oxygen atoms in total. The van der Waals surface area contributed by atoms with Crippen LogP contribution in [0, 0.1) is 6.92 Å². The number of nitrogens with one attached hydrogen (secondary N) is 1. The molecule has 18 heavy (non-hydrogen) atoms. The summed E-state index contributed by atoms with van der Waals surface area (Å²) in [6, 6.07) is 2.02. The van der Waals surface area contributed by atoms with Crippen LogP contribution in [-0.2, 0) is 7.05 Å². The summed E-state index contributed by atoms with van der Waals surface area (Å²) in [6.07, 6.45) is 5.35. The third-order valence-electron chi connectivity index (χ3n) is 3.01. The fourth-order valence-electron chi connectivity index (χ4n) is 2.08. The molecule has 2 heterocycles. The van der Waals surface area contributed by atoms with Crippen molar-refractivity contribution in [1.29, 1.82) is 0 Å². The zero-order valence-electron chi connectivity index (χ0n) is 10.8. The molecule has 1 N–H and O–H groups in total. The van der Waals surface area contributed by atoms with E-state index in [-0.39, 0.29) is 6.04 Å². The number of aromatic nitrogens is 3. The highest BCUT2D eigenvalue weighted by atomic mass is 35.5. The molecule has 0 aliphatic rings.